The standard InChI is InChI=1S/C21H25N5O3/c1-29-18-7-5-17(6-8-18)26-15-14-25(21(26)28)16-20(27)24-12-10-23(11-13-24)19-4-2-3-9-22-19/h2-9H,10-16H2,1H3. The Hall–Kier alpha value is -3.29. The lowest BCUT2D eigenvalue weighted by molar-refractivity contribution is -0.131. The molecule has 2 aliphatic heterocycles. The molecule has 8 nitrogen and oxygen atoms in total. The molecule has 0 N–H and O–H groups in total. The van der Waals surface area contributed by atoms with Crippen molar-refractivity contribution in [3.8, 4) is 5.75 Å². The van der Waals surface area contributed by atoms with E-state index in [-0.39, 0.29) is 18.5 Å². The minimum absolute atomic E-state index is 0.00407. The highest BCUT2D eigenvalue weighted by atomic mass is 16.5. The summed E-state index contributed by atoms with van der Waals surface area (Å²) in [5, 5.41) is 0. The third kappa shape index (κ3) is 4.11. The van der Waals surface area contributed by atoms with Gasteiger partial charge in [0.2, 0.25) is 5.91 Å². The Kier molecular flexibility index (Phi) is 5.50. The van der Waals surface area contributed by atoms with Crippen LogP contribution in [-0.4, -0.2) is 79.6 Å². The summed E-state index contributed by atoms with van der Waals surface area (Å²) in [7, 11) is 1.61. The van der Waals surface area contributed by atoms with Gasteiger partial charge in [-0.3, -0.25) is 9.69 Å². The monoisotopic (exact) mass is 395 g/mol. The number of piperazine rings is 1. The van der Waals surface area contributed by atoms with Crippen molar-refractivity contribution in [2.75, 3.05) is 62.7 Å². The molecule has 1 aromatic heterocycles. The molecule has 2 aromatic rings. The van der Waals surface area contributed by atoms with E-state index in [2.05, 4.69) is 9.88 Å². The molecule has 3 heterocycles. The quantitative estimate of drug-likeness (QED) is 0.771. The van der Waals surface area contributed by atoms with Gasteiger partial charge in [-0.1, -0.05) is 6.07 Å². The topological polar surface area (TPSA) is 69.2 Å². The molecule has 0 aliphatic carbocycles. The minimum Gasteiger partial charge on any atom is -0.497 e. The van der Waals surface area contributed by atoms with Crippen molar-refractivity contribution in [3.05, 3.63) is 48.7 Å². The van der Waals surface area contributed by atoms with Crippen LogP contribution in [0.25, 0.3) is 0 Å². The van der Waals surface area contributed by atoms with Crippen molar-refractivity contribution in [3.63, 3.8) is 0 Å². The summed E-state index contributed by atoms with van der Waals surface area (Å²) in [5.41, 5.74) is 0.815. The molecule has 0 spiro atoms. The third-order valence-corrected chi connectivity index (χ3v) is 5.41. The molecule has 29 heavy (non-hydrogen) atoms. The van der Waals surface area contributed by atoms with E-state index in [1.54, 1.807) is 23.1 Å². The number of nitrogens with zero attached hydrogens (tertiary/aromatic N) is 5. The average Bonchev–Trinajstić information content (AvgIpc) is 3.14. The number of methoxy groups -OCH3 is 1. The number of anilines is 2. The Morgan fingerprint density at radius 1 is 1.00 bits per heavy atom. The second-order valence-corrected chi connectivity index (χ2v) is 7.11. The maximum atomic E-state index is 12.7. The number of hydrogen-bond donors (Lipinski definition) is 0. The molecule has 3 amide bonds. The van der Waals surface area contributed by atoms with Crippen LogP contribution in [0, 0.1) is 0 Å². The van der Waals surface area contributed by atoms with E-state index in [1.807, 2.05) is 47.4 Å². The molecule has 2 saturated heterocycles. The molecule has 8 heteroatoms. The highest BCUT2D eigenvalue weighted by molar-refractivity contribution is 5.96. The van der Waals surface area contributed by atoms with Gasteiger partial charge in [0.15, 0.2) is 0 Å². The fraction of sp³-hybridized carbons (Fsp3) is 0.381. The van der Waals surface area contributed by atoms with E-state index in [0.29, 0.717) is 26.2 Å². The Morgan fingerprint density at radius 3 is 2.41 bits per heavy atom. The van der Waals surface area contributed by atoms with Crippen LogP contribution >= 0.6 is 0 Å². The van der Waals surface area contributed by atoms with Gasteiger partial charge in [0.1, 0.15) is 18.1 Å². The van der Waals surface area contributed by atoms with E-state index in [0.717, 1.165) is 30.3 Å². The first-order chi connectivity index (χ1) is 14.2. The van der Waals surface area contributed by atoms with E-state index >= 15 is 0 Å². The number of carbonyl (C=O) groups is 2. The summed E-state index contributed by atoms with van der Waals surface area (Å²) in [6.45, 7) is 4.01. The lowest BCUT2D eigenvalue weighted by Gasteiger charge is -2.36. The van der Waals surface area contributed by atoms with E-state index in [1.165, 1.54) is 0 Å². The maximum Gasteiger partial charge on any atom is 0.325 e. The Morgan fingerprint density at radius 2 is 1.76 bits per heavy atom. The summed E-state index contributed by atoms with van der Waals surface area (Å²) >= 11 is 0. The number of amides is 3. The molecule has 4 rings (SSSR count). The van der Waals surface area contributed by atoms with Gasteiger partial charge in [-0.15, -0.1) is 0 Å². The number of carbonyl (C=O) groups excluding carboxylic acids is 2. The number of benzene rings is 1. The van der Waals surface area contributed by atoms with Crippen LogP contribution in [0.5, 0.6) is 5.75 Å². The first-order valence-electron chi connectivity index (χ1n) is 9.80. The van der Waals surface area contributed by atoms with Gasteiger partial charge in [-0.2, -0.15) is 0 Å². The summed E-state index contributed by atoms with van der Waals surface area (Å²) < 4.78 is 5.16. The molecular weight excluding hydrogens is 370 g/mol. The van der Waals surface area contributed by atoms with Crippen molar-refractivity contribution in [2.45, 2.75) is 0 Å². The summed E-state index contributed by atoms with van der Waals surface area (Å²) in [4.78, 5) is 37.2. The van der Waals surface area contributed by atoms with Crippen LogP contribution < -0.4 is 14.5 Å². The van der Waals surface area contributed by atoms with Crippen molar-refractivity contribution in [1.29, 1.82) is 0 Å². The van der Waals surface area contributed by atoms with Crippen LogP contribution in [0.15, 0.2) is 48.7 Å². The Labute approximate surface area is 170 Å². The molecule has 152 valence electrons. The van der Waals surface area contributed by atoms with Gasteiger partial charge in [0, 0.05) is 51.2 Å². The smallest absolute Gasteiger partial charge is 0.325 e. The number of pyridine rings is 1. The van der Waals surface area contributed by atoms with E-state index in [4.69, 9.17) is 4.74 Å². The molecule has 0 unspecified atom stereocenters. The fourth-order valence-electron chi connectivity index (χ4n) is 3.72. The van der Waals surface area contributed by atoms with Crippen LogP contribution in [0.2, 0.25) is 0 Å². The fourth-order valence-corrected chi connectivity index (χ4v) is 3.72. The number of rotatable bonds is 5. The zero-order valence-corrected chi connectivity index (χ0v) is 16.5. The molecule has 0 saturated carbocycles. The number of urea groups is 1. The Balaban J connectivity index is 1.30. The normalized spacial score (nSPS) is 17.1. The predicted octanol–water partition coefficient (Wildman–Crippen LogP) is 1.68. The molecule has 2 fully saturated rings. The van der Waals surface area contributed by atoms with Crippen molar-refractivity contribution in [1.82, 2.24) is 14.8 Å². The number of aromatic nitrogens is 1. The first-order valence-corrected chi connectivity index (χ1v) is 9.80. The number of hydrogen-bond acceptors (Lipinski definition) is 5. The van der Waals surface area contributed by atoms with Crippen molar-refractivity contribution in [2.24, 2.45) is 0 Å². The second-order valence-electron chi connectivity index (χ2n) is 7.11. The summed E-state index contributed by atoms with van der Waals surface area (Å²) in [6.07, 6.45) is 1.78. The predicted molar refractivity (Wildman–Crippen MR) is 110 cm³/mol. The largest absolute Gasteiger partial charge is 0.497 e. The highest BCUT2D eigenvalue weighted by Gasteiger charge is 2.32. The molecular formula is C21H25N5O3. The lowest BCUT2D eigenvalue weighted by atomic mass is 10.3. The Bertz CT molecular complexity index is 850. The SMILES string of the molecule is COc1ccc(N2CCN(CC(=O)N3CCN(c4ccccn4)CC3)C2=O)cc1. The average molecular weight is 395 g/mol. The molecule has 2 aliphatic rings. The molecule has 0 atom stereocenters. The minimum atomic E-state index is -0.129. The molecule has 0 bridgehead atoms. The van der Waals surface area contributed by atoms with Crippen LogP contribution in [0.4, 0.5) is 16.3 Å². The van der Waals surface area contributed by atoms with Gasteiger partial charge in [0.25, 0.3) is 0 Å². The van der Waals surface area contributed by atoms with Gasteiger partial charge >= 0.3 is 6.03 Å². The van der Waals surface area contributed by atoms with Gasteiger partial charge < -0.3 is 19.4 Å². The zero-order chi connectivity index (χ0) is 20.2. The number of ether oxygens (including phenoxy) is 1. The molecule has 1 aromatic carbocycles. The van der Waals surface area contributed by atoms with Crippen LogP contribution in [0.3, 0.4) is 0 Å². The summed E-state index contributed by atoms with van der Waals surface area (Å²) in [5.74, 6) is 1.68. The van der Waals surface area contributed by atoms with Crippen molar-refractivity contribution < 1.29 is 14.3 Å². The van der Waals surface area contributed by atoms with E-state index in [9.17, 15) is 9.59 Å². The third-order valence-electron chi connectivity index (χ3n) is 5.41. The van der Waals surface area contributed by atoms with Crippen LogP contribution in [-0.2, 0) is 4.79 Å². The van der Waals surface area contributed by atoms with Gasteiger partial charge in [-0.25, -0.2) is 9.78 Å². The maximum absolute atomic E-state index is 12.7. The highest BCUT2D eigenvalue weighted by Crippen LogP contribution is 2.23. The van der Waals surface area contributed by atoms with Gasteiger partial charge in [-0.05, 0) is 36.4 Å². The first kappa shape index (κ1) is 19.0. The second kappa shape index (κ2) is 8.38. The lowest BCUT2D eigenvalue weighted by Crippen LogP contribution is -2.51. The van der Waals surface area contributed by atoms with Gasteiger partial charge in [0.05, 0.1) is 7.11 Å². The zero-order valence-electron chi connectivity index (χ0n) is 16.5. The molecule has 0 radical (unpaired) electrons. The van der Waals surface area contributed by atoms with Crippen LogP contribution in [0.1, 0.15) is 0 Å². The van der Waals surface area contributed by atoms with Crippen molar-refractivity contribution >= 4 is 23.4 Å². The summed E-state index contributed by atoms with van der Waals surface area (Å²) in [6, 6.07) is 13.1. The van der Waals surface area contributed by atoms with E-state index < -0.39 is 0 Å².